The van der Waals surface area contributed by atoms with Crippen molar-refractivity contribution in [1.82, 2.24) is 4.90 Å². The molecule has 15 heavy (non-hydrogen) atoms. The zero-order chi connectivity index (χ0) is 10.9. The Balaban J connectivity index is 1.87. The zero-order valence-corrected chi connectivity index (χ0v) is 10.9. The number of hydrogen-bond acceptors (Lipinski definition) is 3. The lowest BCUT2D eigenvalue weighted by molar-refractivity contribution is 0.207. The van der Waals surface area contributed by atoms with Gasteiger partial charge in [0.15, 0.2) is 0 Å². The molecule has 1 saturated heterocycles. The summed E-state index contributed by atoms with van der Waals surface area (Å²) in [7, 11) is 0. The maximum atomic E-state index is 6.43. The third-order valence-corrected chi connectivity index (χ3v) is 4.86. The molecule has 2 unspecified atom stereocenters. The molecule has 2 rings (SSSR count). The van der Waals surface area contributed by atoms with E-state index in [-0.39, 0.29) is 5.54 Å². The van der Waals surface area contributed by atoms with Crippen LogP contribution in [0.25, 0.3) is 0 Å². The third-order valence-electron chi connectivity index (χ3n) is 3.63. The Hall–Kier alpha value is 0.270. The first-order valence-electron chi connectivity index (χ1n) is 6.24. The van der Waals surface area contributed by atoms with Crippen molar-refractivity contribution < 1.29 is 0 Å². The van der Waals surface area contributed by atoms with Crippen molar-refractivity contribution in [2.75, 3.05) is 19.6 Å². The molecule has 2 N–H and O–H groups in total. The molecule has 1 heterocycles. The molecule has 2 atom stereocenters. The Bertz CT molecular complexity index is 204. The van der Waals surface area contributed by atoms with Crippen LogP contribution in [-0.4, -0.2) is 40.6 Å². The summed E-state index contributed by atoms with van der Waals surface area (Å²) in [4.78, 5) is 2.59. The van der Waals surface area contributed by atoms with E-state index in [4.69, 9.17) is 5.73 Å². The first-order valence-corrected chi connectivity index (χ1v) is 7.18. The predicted molar refractivity (Wildman–Crippen MR) is 68.3 cm³/mol. The van der Waals surface area contributed by atoms with Gasteiger partial charge in [-0.2, -0.15) is 11.8 Å². The molecule has 88 valence electrons. The van der Waals surface area contributed by atoms with Gasteiger partial charge >= 0.3 is 0 Å². The van der Waals surface area contributed by atoms with Crippen LogP contribution in [-0.2, 0) is 0 Å². The molecule has 1 aliphatic carbocycles. The highest BCUT2D eigenvalue weighted by atomic mass is 32.2. The second-order valence-electron chi connectivity index (χ2n) is 5.52. The molecule has 0 aromatic heterocycles. The lowest BCUT2D eigenvalue weighted by Crippen LogP contribution is -2.52. The number of nitrogens with two attached hydrogens (primary N) is 1. The van der Waals surface area contributed by atoms with E-state index in [9.17, 15) is 0 Å². The fourth-order valence-electron chi connectivity index (χ4n) is 3.10. The van der Waals surface area contributed by atoms with Crippen molar-refractivity contribution >= 4 is 11.8 Å². The van der Waals surface area contributed by atoms with Crippen LogP contribution in [0.1, 0.15) is 39.5 Å². The summed E-state index contributed by atoms with van der Waals surface area (Å²) in [5.41, 5.74) is 6.57. The molecule has 0 aromatic rings. The molecule has 0 spiro atoms. The Morgan fingerprint density at radius 2 is 1.73 bits per heavy atom. The minimum absolute atomic E-state index is 0.140. The number of hydrogen-bond donors (Lipinski definition) is 1. The second kappa shape index (κ2) is 4.64. The second-order valence-corrected chi connectivity index (χ2v) is 7.40. The smallest absolute Gasteiger partial charge is 0.0283 e. The quantitative estimate of drug-likeness (QED) is 0.784. The van der Waals surface area contributed by atoms with E-state index in [1.807, 2.05) is 0 Å². The first-order chi connectivity index (χ1) is 7.07. The van der Waals surface area contributed by atoms with E-state index < -0.39 is 0 Å². The Morgan fingerprint density at radius 1 is 1.20 bits per heavy atom. The van der Waals surface area contributed by atoms with Crippen molar-refractivity contribution in [2.24, 2.45) is 5.73 Å². The highest BCUT2D eigenvalue weighted by Crippen LogP contribution is 2.31. The van der Waals surface area contributed by atoms with Gasteiger partial charge in [0.25, 0.3) is 0 Å². The van der Waals surface area contributed by atoms with Gasteiger partial charge in [0.05, 0.1) is 0 Å². The standard InChI is InChI=1S/C12H24N2S/c1-10-7-14(8-11(2)15-10)9-12(13)5-3-4-6-12/h10-11H,3-9,13H2,1-2H3. The molecule has 0 radical (unpaired) electrons. The molecular formula is C12H24N2S. The van der Waals surface area contributed by atoms with Gasteiger partial charge in [-0.15, -0.1) is 0 Å². The Kier molecular flexibility index (Phi) is 3.63. The van der Waals surface area contributed by atoms with Crippen LogP contribution in [0, 0.1) is 0 Å². The lowest BCUT2D eigenvalue weighted by Gasteiger charge is -2.39. The van der Waals surface area contributed by atoms with Gasteiger partial charge in [-0.1, -0.05) is 26.7 Å². The van der Waals surface area contributed by atoms with Crippen LogP contribution in [0.5, 0.6) is 0 Å². The maximum Gasteiger partial charge on any atom is 0.0283 e. The SMILES string of the molecule is CC1CN(CC2(N)CCCC2)CC(C)S1. The van der Waals surface area contributed by atoms with Crippen LogP contribution in [0.3, 0.4) is 0 Å². The highest BCUT2D eigenvalue weighted by Gasteiger charge is 2.33. The maximum absolute atomic E-state index is 6.43. The van der Waals surface area contributed by atoms with E-state index >= 15 is 0 Å². The topological polar surface area (TPSA) is 29.3 Å². The van der Waals surface area contributed by atoms with Gasteiger partial charge in [-0.3, -0.25) is 4.90 Å². The number of nitrogens with zero attached hydrogens (tertiary/aromatic N) is 1. The summed E-state index contributed by atoms with van der Waals surface area (Å²) in [6, 6.07) is 0. The normalized spacial score (nSPS) is 37.0. The van der Waals surface area contributed by atoms with E-state index in [1.54, 1.807) is 0 Å². The zero-order valence-electron chi connectivity index (χ0n) is 10.0. The summed E-state index contributed by atoms with van der Waals surface area (Å²) >= 11 is 2.12. The third kappa shape index (κ3) is 3.11. The molecule has 2 aliphatic rings. The largest absolute Gasteiger partial charge is 0.324 e. The molecule has 2 nitrogen and oxygen atoms in total. The van der Waals surface area contributed by atoms with Gasteiger partial charge in [0.1, 0.15) is 0 Å². The molecular weight excluding hydrogens is 204 g/mol. The number of rotatable bonds is 2. The summed E-state index contributed by atoms with van der Waals surface area (Å²) in [6.45, 7) is 8.26. The number of thioether (sulfide) groups is 1. The van der Waals surface area contributed by atoms with Crippen LogP contribution >= 0.6 is 11.8 Å². The summed E-state index contributed by atoms with van der Waals surface area (Å²) < 4.78 is 0. The average Bonchev–Trinajstić information content (AvgIpc) is 2.49. The molecule has 2 fully saturated rings. The van der Waals surface area contributed by atoms with E-state index in [2.05, 4.69) is 30.5 Å². The van der Waals surface area contributed by atoms with Gasteiger partial charge in [-0.25, -0.2) is 0 Å². The van der Waals surface area contributed by atoms with Crippen molar-refractivity contribution in [3.8, 4) is 0 Å². The van der Waals surface area contributed by atoms with Crippen molar-refractivity contribution in [2.45, 2.75) is 55.6 Å². The van der Waals surface area contributed by atoms with E-state index in [0.29, 0.717) is 0 Å². The van der Waals surface area contributed by atoms with Crippen LogP contribution in [0.4, 0.5) is 0 Å². The van der Waals surface area contributed by atoms with E-state index in [1.165, 1.54) is 38.8 Å². The molecule has 0 aromatic carbocycles. The summed E-state index contributed by atoms with van der Waals surface area (Å²) in [5, 5.41) is 1.55. The van der Waals surface area contributed by atoms with Crippen molar-refractivity contribution in [3.63, 3.8) is 0 Å². The Morgan fingerprint density at radius 3 is 2.27 bits per heavy atom. The van der Waals surface area contributed by atoms with Gasteiger partial charge in [0, 0.05) is 35.7 Å². The van der Waals surface area contributed by atoms with Crippen LogP contribution in [0.15, 0.2) is 0 Å². The Labute approximate surface area is 98.0 Å². The molecule has 1 saturated carbocycles. The summed E-state index contributed by atoms with van der Waals surface area (Å²) in [6.07, 6.45) is 5.15. The van der Waals surface area contributed by atoms with Crippen molar-refractivity contribution in [1.29, 1.82) is 0 Å². The van der Waals surface area contributed by atoms with Crippen molar-refractivity contribution in [3.05, 3.63) is 0 Å². The summed E-state index contributed by atoms with van der Waals surface area (Å²) in [5.74, 6) is 0. The highest BCUT2D eigenvalue weighted by molar-refractivity contribution is 8.00. The monoisotopic (exact) mass is 228 g/mol. The van der Waals surface area contributed by atoms with Gasteiger partial charge in [-0.05, 0) is 12.8 Å². The minimum atomic E-state index is 0.140. The molecule has 0 amide bonds. The van der Waals surface area contributed by atoms with E-state index in [0.717, 1.165) is 17.0 Å². The predicted octanol–water partition coefficient (Wildman–Crippen LogP) is 2.08. The fourth-order valence-corrected chi connectivity index (χ4v) is 4.48. The minimum Gasteiger partial charge on any atom is -0.324 e. The van der Waals surface area contributed by atoms with Gasteiger partial charge < -0.3 is 5.73 Å². The fraction of sp³-hybridized carbons (Fsp3) is 1.00. The molecule has 1 aliphatic heterocycles. The lowest BCUT2D eigenvalue weighted by atomic mass is 9.98. The first kappa shape index (κ1) is 11.7. The van der Waals surface area contributed by atoms with Gasteiger partial charge in [0.2, 0.25) is 0 Å². The molecule has 3 heteroatoms. The average molecular weight is 228 g/mol. The van der Waals surface area contributed by atoms with Crippen LogP contribution in [0.2, 0.25) is 0 Å². The van der Waals surface area contributed by atoms with Crippen LogP contribution < -0.4 is 5.73 Å². The molecule has 0 bridgehead atoms.